The number of fused-ring (bicyclic) bond motifs is 1. The van der Waals surface area contributed by atoms with Crippen LogP contribution in [-0.2, 0) is 14.3 Å². The van der Waals surface area contributed by atoms with Crippen LogP contribution in [-0.4, -0.2) is 37.6 Å². The fourth-order valence-corrected chi connectivity index (χ4v) is 1.87. The van der Waals surface area contributed by atoms with Gasteiger partial charge in [-0.15, -0.1) is 0 Å². The number of hydrogen-bond acceptors (Lipinski definition) is 5. The van der Waals surface area contributed by atoms with Gasteiger partial charge in [0.15, 0.2) is 0 Å². The Morgan fingerprint density at radius 2 is 1.78 bits per heavy atom. The van der Waals surface area contributed by atoms with Gasteiger partial charge < -0.3 is 14.8 Å². The first kappa shape index (κ1) is 12.3. The van der Waals surface area contributed by atoms with Crippen molar-refractivity contribution in [2.24, 2.45) is 0 Å². The standard InChI is InChI=1S/C12H11NO5/c1-17-11(16)12(18-2)9(14)7-5-3-4-6-8(7)10(15)13-12/h3-6H,1-2H3,(H,13,15). The molecule has 0 radical (unpaired) electrons. The number of carbonyl (C=O) groups excluding carboxylic acids is 3. The second kappa shape index (κ2) is 4.23. The molecule has 0 saturated carbocycles. The van der Waals surface area contributed by atoms with Gasteiger partial charge in [-0.25, -0.2) is 4.79 Å². The molecular weight excluding hydrogens is 238 g/mol. The van der Waals surface area contributed by atoms with Gasteiger partial charge in [-0.1, -0.05) is 18.2 Å². The molecule has 0 bridgehead atoms. The zero-order valence-corrected chi connectivity index (χ0v) is 9.85. The summed E-state index contributed by atoms with van der Waals surface area (Å²) in [4.78, 5) is 35.9. The molecule has 1 N–H and O–H groups in total. The molecule has 0 aromatic heterocycles. The highest BCUT2D eigenvalue weighted by Crippen LogP contribution is 2.25. The molecule has 1 heterocycles. The van der Waals surface area contributed by atoms with E-state index in [2.05, 4.69) is 10.1 Å². The maximum Gasteiger partial charge on any atom is 0.368 e. The van der Waals surface area contributed by atoms with Crippen LogP contribution >= 0.6 is 0 Å². The summed E-state index contributed by atoms with van der Waals surface area (Å²) < 4.78 is 9.43. The van der Waals surface area contributed by atoms with Crippen LogP contribution in [0.4, 0.5) is 0 Å². The monoisotopic (exact) mass is 249 g/mol. The van der Waals surface area contributed by atoms with Crippen molar-refractivity contribution in [1.82, 2.24) is 5.32 Å². The zero-order valence-electron chi connectivity index (χ0n) is 9.85. The van der Waals surface area contributed by atoms with Crippen molar-refractivity contribution in [3.63, 3.8) is 0 Å². The quantitative estimate of drug-likeness (QED) is 0.595. The van der Waals surface area contributed by atoms with Gasteiger partial charge in [0.1, 0.15) is 0 Å². The van der Waals surface area contributed by atoms with Crippen molar-refractivity contribution in [3.05, 3.63) is 35.4 Å². The van der Waals surface area contributed by atoms with Gasteiger partial charge in [-0.2, -0.15) is 0 Å². The molecule has 2 rings (SSSR count). The van der Waals surface area contributed by atoms with Crippen LogP contribution in [0.2, 0.25) is 0 Å². The number of ether oxygens (including phenoxy) is 2. The SMILES string of the molecule is COC(=O)C1(OC)NC(=O)c2ccccc2C1=O. The lowest BCUT2D eigenvalue weighted by molar-refractivity contribution is -0.162. The summed E-state index contributed by atoms with van der Waals surface area (Å²) in [5.74, 6) is -2.16. The van der Waals surface area contributed by atoms with Gasteiger partial charge in [0.05, 0.1) is 12.7 Å². The fourth-order valence-electron chi connectivity index (χ4n) is 1.87. The third kappa shape index (κ3) is 1.50. The van der Waals surface area contributed by atoms with Gasteiger partial charge in [0.2, 0.25) is 5.78 Å². The fraction of sp³-hybridized carbons (Fsp3) is 0.250. The van der Waals surface area contributed by atoms with E-state index in [0.717, 1.165) is 14.2 Å². The minimum atomic E-state index is -2.10. The predicted molar refractivity (Wildman–Crippen MR) is 60.0 cm³/mol. The number of methoxy groups -OCH3 is 2. The van der Waals surface area contributed by atoms with Gasteiger partial charge >= 0.3 is 11.7 Å². The number of Topliss-reactive ketones (excluding diaryl/α,β-unsaturated/α-hetero) is 1. The summed E-state index contributed by atoms with van der Waals surface area (Å²) in [5.41, 5.74) is -1.76. The second-order valence-electron chi connectivity index (χ2n) is 3.71. The average Bonchev–Trinajstić information content (AvgIpc) is 2.42. The number of nitrogens with one attached hydrogen (secondary N) is 1. The lowest BCUT2D eigenvalue weighted by atomic mass is 9.91. The van der Waals surface area contributed by atoms with E-state index in [-0.39, 0.29) is 11.1 Å². The van der Waals surface area contributed by atoms with Crippen LogP contribution < -0.4 is 5.32 Å². The van der Waals surface area contributed by atoms with E-state index < -0.39 is 23.4 Å². The number of amides is 1. The molecule has 1 aliphatic rings. The first-order chi connectivity index (χ1) is 8.56. The molecule has 0 aliphatic carbocycles. The molecule has 1 unspecified atom stereocenters. The van der Waals surface area contributed by atoms with E-state index in [0.29, 0.717) is 0 Å². The lowest BCUT2D eigenvalue weighted by Crippen LogP contribution is -2.64. The zero-order chi connectivity index (χ0) is 13.3. The number of esters is 1. The number of rotatable bonds is 2. The molecule has 6 nitrogen and oxygen atoms in total. The second-order valence-corrected chi connectivity index (χ2v) is 3.71. The Labute approximate surface area is 103 Å². The van der Waals surface area contributed by atoms with Crippen molar-refractivity contribution in [2.75, 3.05) is 14.2 Å². The summed E-state index contributed by atoms with van der Waals surface area (Å²) >= 11 is 0. The summed E-state index contributed by atoms with van der Waals surface area (Å²) in [6, 6.07) is 6.20. The Kier molecular flexibility index (Phi) is 2.88. The van der Waals surface area contributed by atoms with E-state index in [4.69, 9.17) is 4.74 Å². The number of benzene rings is 1. The molecule has 0 fully saturated rings. The predicted octanol–water partition coefficient (Wildman–Crippen LogP) is 0.128. The molecule has 0 saturated heterocycles. The molecule has 18 heavy (non-hydrogen) atoms. The van der Waals surface area contributed by atoms with Crippen LogP contribution in [0.5, 0.6) is 0 Å². The van der Waals surface area contributed by atoms with Gasteiger partial charge in [0.25, 0.3) is 5.91 Å². The number of carbonyl (C=O) groups is 3. The minimum Gasteiger partial charge on any atom is -0.465 e. The smallest absolute Gasteiger partial charge is 0.368 e. The van der Waals surface area contributed by atoms with Crippen LogP contribution in [0.15, 0.2) is 24.3 Å². The van der Waals surface area contributed by atoms with Gasteiger partial charge in [0, 0.05) is 12.7 Å². The van der Waals surface area contributed by atoms with Crippen LogP contribution in [0, 0.1) is 0 Å². The van der Waals surface area contributed by atoms with Crippen LogP contribution in [0.1, 0.15) is 20.7 Å². The Balaban J connectivity index is 2.60. The average molecular weight is 249 g/mol. The first-order valence-electron chi connectivity index (χ1n) is 5.16. The Bertz CT molecular complexity index is 539. The third-order valence-corrected chi connectivity index (χ3v) is 2.80. The maximum atomic E-state index is 12.3. The Morgan fingerprint density at radius 1 is 1.17 bits per heavy atom. The van der Waals surface area contributed by atoms with Gasteiger partial charge in [-0.05, 0) is 6.07 Å². The van der Waals surface area contributed by atoms with E-state index in [1.54, 1.807) is 12.1 Å². The highest BCUT2D eigenvalue weighted by Gasteiger charge is 2.53. The minimum absolute atomic E-state index is 0.133. The molecule has 94 valence electrons. The van der Waals surface area contributed by atoms with E-state index in [9.17, 15) is 14.4 Å². The summed E-state index contributed by atoms with van der Waals surface area (Å²) in [6.45, 7) is 0. The molecule has 1 aromatic rings. The summed E-state index contributed by atoms with van der Waals surface area (Å²) in [5, 5.41) is 2.25. The highest BCUT2D eigenvalue weighted by atomic mass is 16.6. The van der Waals surface area contributed by atoms with Gasteiger partial charge in [-0.3, -0.25) is 9.59 Å². The topological polar surface area (TPSA) is 81.7 Å². The Morgan fingerprint density at radius 3 is 2.33 bits per heavy atom. The molecule has 0 spiro atoms. The normalized spacial score (nSPS) is 22.1. The lowest BCUT2D eigenvalue weighted by Gasteiger charge is -2.32. The maximum absolute atomic E-state index is 12.3. The van der Waals surface area contributed by atoms with E-state index in [1.807, 2.05) is 0 Å². The van der Waals surface area contributed by atoms with E-state index >= 15 is 0 Å². The summed E-state index contributed by atoms with van der Waals surface area (Å²) in [7, 11) is 2.27. The number of hydrogen-bond donors (Lipinski definition) is 1. The first-order valence-corrected chi connectivity index (χ1v) is 5.16. The number of ketones is 1. The summed E-state index contributed by atoms with van der Waals surface area (Å²) in [6.07, 6.45) is 0. The largest absolute Gasteiger partial charge is 0.465 e. The molecule has 6 heteroatoms. The highest BCUT2D eigenvalue weighted by molar-refractivity contribution is 6.24. The van der Waals surface area contributed by atoms with Crippen molar-refractivity contribution >= 4 is 17.7 Å². The van der Waals surface area contributed by atoms with Crippen molar-refractivity contribution in [3.8, 4) is 0 Å². The van der Waals surface area contributed by atoms with Crippen molar-refractivity contribution < 1.29 is 23.9 Å². The molecule has 1 aliphatic heterocycles. The molecule has 1 amide bonds. The molecule has 1 atom stereocenters. The third-order valence-electron chi connectivity index (χ3n) is 2.80. The van der Waals surface area contributed by atoms with Crippen LogP contribution in [0.3, 0.4) is 0 Å². The molecular formula is C12H11NO5. The molecule has 1 aromatic carbocycles. The van der Waals surface area contributed by atoms with Crippen molar-refractivity contribution in [1.29, 1.82) is 0 Å². The van der Waals surface area contributed by atoms with Crippen molar-refractivity contribution in [2.45, 2.75) is 5.72 Å². The van der Waals surface area contributed by atoms with Crippen LogP contribution in [0.25, 0.3) is 0 Å². The Hall–Kier alpha value is -2.21. The van der Waals surface area contributed by atoms with E-state index in [1.165, 1.54) is 12.1 Å².